The summed E-state index contributed by atoms with van der Waals surface area (Å²) in [5.74, 6) is -0.197. The topological polar surface area (TPSA) is 98.6 Å². The number of anilines is 1. The number of nitrogens with zero attached hydrogens (tertiary/aromatic N) is 2. The molecule has 0 unspecified atom stereocenters. The van der Waals surface area contributed by atoms with Crippen LogP contribution in [0.25, 0.3) is 11.3 Å². The average Bonchev–Trinajstić information content (AvgIpc) is 2.71. The average molecular weight is 419 g/mol. The Bertz CT molecular complexity index is 1190. The lowest BCUT2D eigenvalue weighted by atomic mass is 10.1. The van der Waals surface area contributed by atoms with Crippen molar-refractivity contribution in [1.82, 2.24) is 9.97 Å². The van der Waals surface area contributed by atoms with E-state index < -0.39 is 10.8 Å². The zero-order valence-corrected chi connectivity index (χ0v) is 18.1. The number of amides is 1. The molecule has 0 aliphatic carbocycles. The van der Waals surface area contributed by atoms with Gasteiger partial charge in [-0.15, -0.1) is 0 Å². The summed E-state index contributed by atoms with van der Waals surface area (Å²) in [4.78, 5) is 32.2. The van der Waals surface area contributed by atoms with Crippen molar-refractivity contribution in [1.29, 1.82) is 5.26 Å². The quantitative estimate of drug-likeness (QED) is 0.474. The third kappa shape index (κ3) is 4.61. The highest BCUT2D eigenvalue weighted by molar-refractivity contribution is 8.00. The van der Waals surface area contributed by atoms with Crippen molar-refractivity contribution in [3.05, 3.63) is 75.1 Å². The van der Waals surface area contributed by atoms with Gasteiger partial charge >= 0.3 is 0 Å². The van der Waals surface area contributed by atoms with Gasteiger partial charge in [0, 0.05) is 11.3 Å². The lowest BCUT2D eigenvalue weighted by molar-refractivity contribution is -0.115. The SMILES string of the molecule is Cc1ccc(-c2nc(S[C@H](C)C(=O)Nc3cccc(C)c3C)[nH]c(=O)c2C#N)cc1. The number of benzene rings is 2. The van der Waals surface area contributed by atoms with Gasteiger partial charge in [-0.3, -0.25) is 9.59 Å². The minimum absolute atomic E-state index is 0.0457. The number of aromatic nitrogens is 2. The maximum absolute atomic E-state index is 12.7. The Hall–Kier alpha value is -3.37. The van der Waals surface area contributed by atoms with E-state index in [9.17, 15) is 14.9 Å². The second-order valence-corrected chi connectivity index (χ2v) is 8.40. The molecule has 0 spiro atoms. The highest BCUT2D eigenvalue weighted by Gasteiger charge is 2.19. The molecule has 3 aromatic rings. The highest BCUT2D eigenvalue weighted by Crippen LogP contribution is 2.26. The van der Waals surface area contributed by atoms with Gasteiger partial charge in [0.15, 0.2) is 5.16 Å². The van der Waals surface area contributed by atoms with Crippen LogP contribution >= 0.6 is 11.8 Å². The predicted molar refractivity (Wildman–Crippen MR) is 120 cm³/mol. The molecule has 0 aliphatic heterocycles. The van der Waals surface area contributed by atoms with Gasteiger partial charge < -0.3 is 10.3 Å². The Kier molecular flexibility index (Phi) is 6.38. The number of thioether (sulfide) groups is 1. The molecule has 1 atom stereocenters. The minimum Gasteiger partial charge on any atom is -0.325 e. The van der Waals surface area contributed by atoms with Crippen molar-refractivity contribution in [2.24, 2.45) is 0 Å². The third-order valence-corrected chi connectivity index (χ3v) is 5.84. The molecular formula is C23H22N4O2S. The molecule has 0 bridgehead atoms. The van der Waals surface area contributed by atoms with E-state index >= 15 is 0 Å². The van der Waals surface area contributed by atoms with Crippen molar-refractivity contribution in [3.8, 4) is 17.3 Å². The van der Waals surface area contributed by atoms with Crippen molar-refractivity contribution in [2.45, 2.75) is 38.1 Å². The van der Waals surface area contributed by atoms with E-state index in [1.54, 1.807) is 6.92 Å². The van der Waals surface area contributed by atoms with Crippen LogP contribution < -0.4 is 10.9 Å². The normalized spacial score (nSPS) is 11.6. The Labute approximate surface area is 179 Å². The number of nitrogens with one attached hydrogen (secondary N) is 2. The van der Waals surface area contributed by atoms with Crippen LogP contribution in [0, 0.1) is 32.1 Å². The van der Waals surface area contributed by atoms with E-state index in [1.807, 2.05) is 69.3 Å². The van der Waals surface area contributed by atoms with E-state index in [0.29, 0.717) is 11.3 Å². The number of carbonyl (C=O) groups is 1. The first-order valence-corrected chi connectivity index (χ1v) is 10.3. The summed E-state index contributed by atoms with van der Waals surface area (Å²) in [6.07, 6.45) is 0. The highest BCUT2D eigenvalue weighted by atomic mass is 32.2. The van der Waals surface area contributed by atoms with Crippen molar-refractivity contribution >= 4 is 23.4 Å². The molecular weight excluding hydrogens is 396 g/mol. The number of aryl methyl sites for hydroxylation is 2. The molecule has 2 aromatic carbocycles. The standard InChI is InChI=1S/C23H22N4O2S/c1-13-8-10-17(11-9-13)20-18(12-24)22(29)27-23(26-20)30-16(4)21(28)25-19-7-5-6-14(2)15(19)3/h5-11,16H,1-4H3,(H,25,28)(H,26,27,29)/t16-/m1/s1. The summed E-state index contributed by atoms with van der Waals surface area (Å²) in [5, 5.41) is 12.1. The van der Waals surface area contributed by atoms with Crippen LogP contribution in [0.3, 0.4) is 0 Å². The number of carbonyl (C=O) groups excluding carboxylic acids is 1. The first kappa shape index (κ1) is 21.3. The predicted octanol–water partition coefficient (Wildman–Crippen LogP) is 4.35. The molecule has 0 fully saturated rings. The fourth-order valence-electron chi connectivity index (χ4n) is 2.87. The molecule has 2 N–H and O–H groups in total. The van der Waals surface area contributed by atoms with Crippen LogP contribution in [0.1, 0.15) is 29.2 Å². The first-order valence-electron chi connectivity index (χ1n) is 9.45. The lowest BCUT2D eigenvalue weighted by Crippen LogP contribution is -2.24. The van der Waals surface area contributed by atoms with Gasteiger partial charge in [0.25, 0.3) is 5.56 Å². The van der Waals surface area contributed by atoms with Crippen LogP contribution in [0.2, 0.25) is 0 Å². The van der Waals surface area contributed by atoms with E-state index in [1.165, 1.54) is 0 Å². The van der Waals surface area contributed by atoms with Crippen LogP contribution in [0.4, 0.5) is 5.69 Å². The minimum atomic E-state index is -0.521. The first-order chi connectivity index (χ1) is 14.3. The van der Waals surface area contributed by atoms with Crippen molar-refractivity contribution in [3.63, 3.8) is 0 Å². The molecule has 0 saturated carbocycles. The van der Waals surface area contributed by atoms with E-state index in [2.05, 4.69) is 15.3 Å². The number of rotatable bonds is 5. The van der Waals surface area contributed by atoms with Gasteiger partial charge in [0.1, 0.15) is 11.6 Å². The molecule has 0 saturated heterocycles. The number of aromatic amines is 1. The van der Waals surface area contributed by atoms with Crippen molar-refractivity contribution < 1.29 is 4.79 Å². The molecule has 1 amide bonds. The summed E-state index contributed by atoms with van der Waals surface area (Å²) < 4.78 is 0. The second kappa shape index (κ2) is 8.97. The van der Waals surface area contributed by atoms with Crippen molar-refractivity contribution in [2.75, 3.05) is 5.32 Å². The van der Waals surface area contributed by atoms with Crippen LogP contribution in [0.5, 0.6) is 0 Å². The smallest absolute Gasteiger partial charge is 0.270 e. The Morgan fingerprint density at radius 3 is 2.53 bits per heavy atom. The summed E-state index contributed by atoms with van der Waals surface area (Å²) in [7, 11) is 0. The molecule has 0 aliphatic rings. The molecule has 3 rings (SSSR count). The summed E-state index contributed by atoms with van der Waals surface area (Å²) >= 11 is 1.14. The number of hydrogen-bond acceptors (Lipinski definition) is 5. The largest absolute Gasteiger partial charge is 0.325 e. The molecule has 7 heteroatoms. The maximum atomic E-state index is 12.7. The van der Waals surface area contributed by atoms with Gasteiger partial charge in [0.05, 0.1) is 10.9 Å². The van der Waals surface area contributed by atoms with Gasteiger partial charge in [0.2, 0.25) is 5.91 Å². The summed E-state index contributed by atoms with van der Waals surface area (Å²) in [6, 6.07) is 15.1. The molecule has 6 nitrogen and oxygen atoms in total. The summed E-state index contributed by atoms with van der Waals surface area (Å²) in [5.41, 5.74) is 4.35. The Morgan fingerprint density at radius 2 is 1.87 bits per heavy atom. The molecule has 0 radical (unpaired) electrons. The third-order valence-electron chi connectivity index (χ3n) is 4.85. The number of nitriles is 1. The fraction of sp³-hybridized carbons (Fsp3) is 0.217. The molecule has 152 valence electrons. The monoisotopic (exact) mass is 418 g/mol. The molecule has 1 heterocycles. The maximum Gasteiger partial charge on any atom is 0.270 e. The number of hydrogen-bond donors (Lipinski definition) is 2. The van der Waals surface area contributed by atoms with Gasteiger partial charge in [-0.2, -0.15) is 5.26 Å². The molecule has 1 aromatic heterocycles. The van der Waals surface area contributed by atoms with E-state index in [4.69, 9.17) is 0 Å². The van der Waals surface area contributed by atoms with E-state index in [-0.39, 0.29) is 16.6 Å². The fourth-order valence-corrected chi connectivity index (χ4v) is 3.67. The zero-order chi connectivity index (χ0) is 21.8. The summed E-state index contributed by atoms with van der Waals surface area (Å²) in [6.45, 7) is 7.64. The lowest BCUT2D eigenvalue weighted by Gasteiger charge is -2.14. The number of H-pyrrole nitrogens is 1. The van der Waals surface area contributed by atoms with Gasteiger partial charge in [-0.1, -0.05) is 53.7 Å². The Morgan fingerprint density at radius 1 is 1.17 bits per heavy atom. The zero-order valence-electron chi connectivity index (χ0n) is 17.2. The Balaban J connectivity index is 1.86. The molecule has 30 heavy (non-hydrogen) atoms. The van der Waals surface area contributed by atoms with E-state index in [0.717, 1.165) is 34.1 Å². The van der Waals surface area contributed by atoms with Crippen LogP contribution in [0.15, 0.2) is 52.4 Å². The van der Waals surface area contributed by atoms with Crippen LogP contribution in [-0.2, 0) is 4.79 Å². The van der Waals surface area contributed by atoms with Gasteiger partial charge in [-0.05, 0) is 44.9 Å². The second-order valence-electron chi connectivity index (χ2n) is 7.07. The van der Waals surface area contributed by atoms with Gasteiger partial charge in [-0.25, -0.2) is 4.98 Å². The van der Waals surface area contributed by atoms with Crippen LogP contribution in [-0.4, -0.2) is 21.1 Å².